The monoisotopic (exact) mass is 290 g/mol. The van der Waals surface area contributed by atoms with Gasteiger partial charge < -0.3 is 14.6 Å². The molecule has 6 nitrogen and oxygen atoms in total. The van der Waals surface area contributed by atoms with Gasteiger partial charge in [-0.1, -0.05) is 0 Å². The molecule has 0 saturated carbocycles. The maximum Gasteiger partial charge on any atom is 0.270 e. The molecule has 2 rings (SSSR count). The smallest absolute Gasteiger partial charge is 0.270 e. The molecule has 0 atom stereocenters. The van der Waals surface area contributed by atoms with Crippen molar-refractivity contribution in [1.82, 2.24) is 10.2 Å². The molecule has 1 aromatic heterocycles. The zero-order chi connectivity index (χ0) is 15.6. The van der Waals surface area contributed by atoms with E-state index in [0.717, 1.165) is 0 Å². The van der Waals surface area contributed by atoms with Crippen LogP contribution in [0.1, 0.15) is 19.4 Å². The summed E-state index contributed by atoms with van der Waals surface area (Å²) in [6, 6.07) is 6.83. The van der Waals surface area contributed by atoms with Crippen LogP contribution in [-0.2, 0) is 5.60 Å². The highest BCUT2D eigenvalue weighted by Gasteiger charge is 2.22. The van der Waals surface area contributed by atoms with E-state index in [4.69, 9.17) is 9.47 Å². The first kappa shape index (κ1) is 15.1. The summed E-state index contributed by atoms with van der Waals surface area (Å²) >= 11 is 0. The number of methoxy groups -OCH3 is 2. The van der Waals surface area contributed by atoms with Crippen LogP contribution < -0.4 is 15.0 Å². The van der Waals surface area contributed by atoms with Crippen LogP contribution in [0, 0.1) is 0 Å². The van der Waals surface area contributed by atoms with Crippen LogP contribution in [0.3, 0.4) is 0 Å². The maximum atomic E-state index is 11.8. The number of aromatic amines is 1. The Morgan fingerprint density at radius 2 is 1.90 bits per heavy atom. The van der Waals surface area contributed by atoms with Crippen molar-refractivity contribution < 1.29 is 14.6 Å². The maximum absolute atomic E-state index is 11.8. The minimum Gasteiger partial charge on any atom is -0.497 e. The number of nitrogens with zero attached hydrogens (tertiary/aromatic N) is 1. The number of hydrogen-bond donors (Lipinski definition) is 2. The number of rotatable bonds is 4. The molecular weight excluding hydrogens is 272 g/mol. The highest BCUT2D eigenvalue weighted by atomic mass is 16.5. The van der Waals surface area contributed by atoms with Crippen LogP contribution in [0.5, 0.6) is 11.5 Å². The summed E-state index contributed by atoms with van der Waals surface area (Å²) in [5.74, 6) is 1.24. The number of hydrogen-bond acceptors (Lipinski definition) is 5. The summed E-state index contributed by atoms with van der Waals surface area (Å²) in [6.07, 6.45) is 0. The molecule has 112 valence electrons. The van der Waals surface area contributed by atoms with Crippen molar-refractivity contribution in [1.29, 1.82) is 0 Å². The molecule has 0 aliphatic heterocycles. The van der Waals surface area contributed by atoms with E-state index in [0.29, 0.717) is 22.8 Å². The van der Waals surface area contributed by atoms with Crippen LogP contribution in [0.25, 0.3) is 11.3 Å². The van der Waals surface area contributed by atoms with E-state index >= 15 is 0 Å². The van der Waals surface area contributed by atoms with E-state index in [1.165, 1.54) is 0 Å². The van der Waals surface area contributed by atoms with Gasteiger partial charge in [0.1, 0.15) is 11.5 Å². The Morgan fingerprint density at radius 1 is 1.19 bits per heavy atom. The van der Waals surface area contributed by atoms with E-state index < -0.39 is 11.2 Å². The summed E-state index contributed by atoms with van der Waals surface area (Å²) in [6.45, 7) is 3.09. The van der Waals surface area contributed by atoms with Crippen molar-refractivity contribution in [2.24, 2.45) is 0 Å². The predicted molar refractivity (Wildman–Crippen MR) is 78.6 cm³/mol. The lowest BCUT2D eigenvalue weighted by molar-refractivity contribution is 0.0769. The second-order valence-electron chi connectivity index (χ2n) is 5.12. The molecule has 1 aromatic carbocycles. The van der Waals surface area contributed by atoms with E-state index in [2.05, 4.69) is 10.2 Å². The van der Waals surface area contributed by atoms with Gasteiger partial charge in [0.15, 0.2) is 0 Å². The number of benzene rings is 1. The molecule has 0 fully saturated rings. The second-order valence-corrected chi connectivity index (χ2v) is 5.12. The molecule has 0 amide bonds. The van der Waals surface area contributed by atoms with Gasteiger partial charge >= 0.3 is 0 Å². The molecule has 0 radical (unpaired) electrons. The lowest BCUT2D eigenvalue weighted by Crippen LogP contribution is -2.27. The quantitative estimate of drug-likeness (QED) is 0.895. The van der Waals surface area contributed by atoms with Gasteiger partial charge in [0.05, 0.1) is 31.1 Å². The van der Waals surface area contributed by atoms with Gasteiger partial charge in [0, 0.05) is 5.56 Å². The van der Waals surface area contributed by atoms with Crippen molar-refractivity contribution in [2.75, 3.05) is 14.2 Å². The second kappa shape index (κ2) is 5.57. The molecule has 21 heavy (non-hydrogen) atoms. The van der Waals surface area contributed by atoms with Crippen molar-refractivity contribution in [3.63, 3.8) is 0 Å². The van der Waals surface area contributed by atoms with Gasteiger partial charge in [-0.05, 0) is 38.1 Å². The highest BCUT2D eigenvalue weighted by molar-refractivity contribution is 5.69. The SMILES string of the molecule is COc1ccc(OC)c(-c2cc(C(C)(C)O)c(=O)[nH]n2)c1. The first-order valence-electron chi connectivity index (χ1n) is 6.42. The summed E-state index contributed by atoms with van der Waals surface area (Å²) in [5, 5.41) is 16.5. The third kappa shape index (κ3) is 3.05. The summed E-state index contributed by atoms with van der Waals surface area (Å²) in [5.41, 5.74) is -0.302. The van der Waals surface area contributed by atoms with Crippen LogP contribution >= 0.6 is 0 Å². The van der Waals surface area contributed by atoms with E-state index in [9.17, 15) is 9.90 Å². The van der Waals surface area contributed by atoms with Crippen molar-refractivity contribution in [3.05, 3.63) is 40.2 Å². The summed E-state index contributed by atoms with van der Waals surface area (Å²) < 4.78 is 10.5. The normalized spacial score (nSPS) is 11.3. The van der Waals surface area contributed by atoms with Crippen LogP contribution in [-0.4, -0.2) is 29.5 Å². The van der Waals surface area contributed by atoms with Gasteiger partial charge in [0.2, 0.25) is 0 Å². The standard InChI is InChI=1S/C15H18N2O4/c1-15(2,19)11-8-12(16-17-14(11)18)10-7-9(20-3)5-6-13(10)21-4/h5-8,19H,1-4H3,(H,17,18). The fourth-order valence-electron chi connectivity index (χ4n) is 2.01. The lowest BCUT2D eigenvalue weighted by Gasteiger charge is -2.17. The molecular formula is C15H18N2O4. The average Bonchev–Trinajstić information content (AvgIpc) is 2.46. The molecule has 0 aliphatic carbocycles. The average molecular weight is 290 g/mol. The topological polar surface area (TPSA) is 84.4 Å². The molecule has 0 unspecified atom stereocenters. The van der Waals surface area contributed by atoms with Crippen molar-refractivity contribution >= 4 is 0 Å². The Bertz CT molecular complexity index is 702. The number of H-pyrrole nitrogens is 1. The minimum absolute atomic E-state index is 0.234. The van der Waals surface area contributed by atoms with Crippen LogP contribution in [0.4, 0.5) is 0 Å². The molecule has 2 N–H and O–H groups in total. The lowest BCUT2D eigenvalue weighted by atomic mass is 9.98. The zero-order valence-electron chi connectivity index (χ0n) is 12.4. The van der Waals surface area contributed by atoms with Gasteiger partial charge in [-0.25, -0.2) is 5.10 Å². The molecule has 0 spiro atoms. The fraction of sp³-hybridized carbons (Fsp3) is 0.333. The van der Waals surface area contributed by atoms with Gasteiger partial charge in [0.25, 0.3) is 5.56 Å². The van der Waals surface area contributed by atoms with Crippen molar-refractivity contribution in [3.8, 4) is 22.8 Å². The van der Waals surface area contributed by atoms with E-state index in [1.54, 1.807) is 52.3 Å². The van der Waals surface area contributed by atoms with Gasteiger partial charge in [-0.3, -0.25) is 4.79 Å². The molecule has 0 bridgehead atoms. The van der Waals surface area contributed by atoms with Crippen molar-refractivity contribution in [2.45, 2.75) is 19.4 Å². The first-order chi connectivity index (χ1) is 9.86. The Hall–Kier alpha value is -2.34. The first-order valence-corrected chi connectivity index (χ1v) is 6.42. The Balaban J connectivity index is 2.64. The Labute approximate surface area is 122 Å². The summed E-state index contributed by atoms with van der Waals surface area (Å²) in [4.78, 5) is 11.8. The third-order valence-corrected chi connectivity index (χ3v) is 3.15. The van der Waals surface area contributed by atoms with Gasteiger partial charge in [-0.2, -0.15) is 5.10 Å². The molecule has 0 saturated heterocycles. The highest BCUT2D eigenvalue weighted by Crippen LogP contribution is 2.32. The molecule has 6 heteroatoms. The van der Waals surface area contributed by atoms with Gasteiger partial charge in [-0.15, -0.1) is 0 Å². The van der Waals surface area contributed by atoms with E-state index in [1.807, 2.05) is 0 Å². The molecule has 2 aromatic rings. The molecule has 1 heterocycles. The Morgan fingerprint density at radius 3 is 2.48 bits per heavy atom. The largest absolute Gasteiger partial charge is 0.497 e. The van der Waals surface area contributed by atoms with E-state index in [-0.39, 0.29) is 5.56 Å². The van der Waals surface area contributed by atoms with Crippen LogP contribution in [0.15, 0.2) is 29.1 Å². The predicted octanol–water partition coefficient (Wildman–Crippen LogP) is 1.68. The number of ether oxygens (including phenoxy) is 2. The summed E-state index contributed by atoms with van der Waals surface area (Å²) in [7, 11) is 3.11. The molecule has 0 aliphatic rings. The Kier molecular flexibility index (Phi) is 3.99. The third-order valence-electron chi connectivity index (χ3n) is 3.15. The number of nitrogens with one attached hydrogen (secondary N) is 1. The van der Waals surface area contributed by atoms with Crippen LogP contribution in [0.2, 0.25) is 0 Å². The fourth-order valence-corrected chi connectivity index (χ4v) is 2.01. The minimum atomic E-state index is -1.27. The number of aromatic nitrogens is 2. The zero-order valence-corrected chi connectivity index (χ0v) is 12.4. The number of aliphatic hydroxyl groups is 1.